The van der Waals surface area contributed by atoms with Crippen molar-refractivity contribution in [3.8, 4) is 0 Å². The Morgan fingerprint density at radius 2 is 1.33 bits per heavy atom. The minimum absolute atomic E-state index is 0. The second-order valence-electron chi connectivity index (χ2n) is 5.75. The van der Waals surface area contributed by atoms with Crippen molar-refractivity contribution in [1.82, 2.24) is 0 Å². The van der Waals surface area contributed by atoms with Crippen LogP contribution in [0.4, 0.5) is 0 Å². The molecule has 0 fully saturated rings. The molecule has 0 saturated carbocycles. The average Bonchev–Trinajstić information content (AvgIpc) is 2.59. The maximum absolute atomic E-state index is 11.8. The van der Waals surface area contributed by atoms with Gasteiger partial charge in [-0.05, 0) is 47.9 Å². The molecule has 0 radical (unpaired) electrons. The van der Waals surface area contributed by atoms with Crippen LogP contribution in [0, 0.1) is 0 Å². The van der Waals surface area contributed by atoms with Crippen molar-refractivity contribution in [3.63, 3.8) is 0 Å². The van der Waals surface area contributed by atoms with Gasteiger partial charge in [-0.15, -0.1) is 0 Å². The van der Waals surface area contributed by atoms with Gasteiger partial charge in [-0.3, -0.25) is 4.89 Å². The van der Waals surface area contributed by atoms with E-state index in [-0.39, 0.29) is 40.7 Å². The van der Waals surface area contributed by atoms with Gasteiger partial charge in [0.1, 0.15) is 0 Å². The van der Waals surface area contributed by atoms with E-state index in [9.17, 15) is 23.6 Å². The standard InChI is InChI=1S/C17H16O10P2.Na.H/c1-11(13-6-8-14(9-7-13)16(18)19)10-12-2-4-15(5-3-12)17(20)26-29(24,25)27-28(21,22)23;;/h2-10H,1H3,(H,18,19)(H,24,25)(H2,21,22,23);;. The van der Waals surface area contributed by atoms with Gasteiger partial charge in [-0.25, -0.2) is 18.7 Å². The van der Waals surface area contributed by atoms with Gasteiger partial charge >= 0.3 is 57.1 Å². The molecule has 1 atom stereocenters. The molecule has 0 aliphatic rings. The molecule has 0 spiro atoms. The van der Waals surface area contributed by atoms with E-state index in [2.05, 4.69) is 8.83 Å². The molecule has 156 valence electrons. The number of phosphoric ester groups is 1. The molecule has 0 aliphatic carbocycles. The first-order valence-electron chi connectivity index (χ1n) is 7.82. The van der Waals surface area contributed by atoms with Crippen molar-refractivity contribution in [3.05, 3.63) is 70.8 Å². The third kappa shape index (κ3) is 8.28. The number of carboxylic acid groups (broad SMARTS) is 1. The van der Waals surface area contributed by atoms with Crippen LogP contribution in [0.25, 0.3) is 11.6 Å². The van der Waals surface area contributed by atoms with Crippen LogP contribution in [0.3, 0.4) is 0 Å². The van der Waals surface area contributed by atoms with Crippen LogP contribution in [-0.2, 0) is 18.0 Å². The number of hydrogen-bond donors (Lipinski definition) is 4. The second-order valence-corrected chi connectivity index (χ2v) is 8.51. The molecule has 0 bridgehead atoms. The summed E-state index contributed by atoms with van der Waals surface area (Å²) in [5.41, 5.74) is 2.28. The first-order valence-corrected chi connectivity index (χ1v) is 10.8. The topological polar surface area (TPSA) is 168 Å². The molecule has 1 unspecified atom stereocenters. The summed E-state index contributed by atoms with van der Waals surface area (Å²) in [5, 5.41) is 8.91. The number of benzene rings is 2. The molecule has 30 heavy (non-hydrogen) atoms. The fourth-order valence-electron chi connectivity index (χ4n) is 2.23. The molecule has 0 heterocycles. The Hall–Kier alpha value is -1.58. The molecule has 13 heteroatoms. The van der Waals surface area contributed by atoms with Gasteiger partial charge in [0.25, 0.3) is 0 Å². The quantitative estimate of drug-likeness (QED) is 0.270. The number of carboxylic acids is 1. The number of aromatic carboxylic acids is 1. The molecular weight excluding hydrogens is 449 g/mol. The summed E-state index contributed by atoms with van der Waals surface area (Å²) in [5.74, 6) is -2.33. The SMILES string of the molecule is CC(=Cc1ccc(C(=O)OP(=O)(O)OP(=O)(O)O)cc1)c1ccc(C(=O)O)cc1.[NaH]. The van der Waals surface area contributed by atoms with Crippen LogP contribution in [0.2, 0.25) is 0 Å². The van der Waals surface area contributed by atoms with Gasteiger partial charge < -0.3 is 19.4 Å². The monoisotopic (exact) mass is 466 g/mol. The minimum atomic E-state index is -5.33. The fraction of sp³-hybridized carbons (Fsp3) is 0.0588. The van der Waals surface area contributed by atoms with Crippen molar-refractivity contribution in [1.29, 1.82) is 0 Å². The van der Waals surface area contributed by atoms with Crippen molar-refractivity contribution in [2.75, 3.05) is 0 Å². The molecule has 0 aromatic heterocycles. The van der Waals surface area contributed by atoms with Gasteiger partial charge in [-0.2, -0.15) is 4.31 Å². The molecule has 2 aromatic rings. The summed E-state index contributed by atoms with van der Waals surface area (Å²) in [6, 6.07) is 11.8. The van der Waals surface area contributed by atoms with Gasteiger partial charge in [0.05, 0.1) is 11.1 Å². The Bertz CT molecular complexity index is 1040. The Morgan fingerprint density at radius 3 is 1.80 bits per heavy atom. The van der Waals surface area contributed by atoms with E-state index in [4.69, 9.17) is 14.9 Å². The van der Waals surface area contributed by atoms with E-state index in [1.54, 1.807) is 25.1 Å². The van der Waals surface area contributed by atoms with Crippen LogP contribution in [0.1, 0.15) is 38.8 Å². The summed E-state index contributed by atoms with van der Waals surface area (Å²) in [6.07, 6.45) is 1.76. The number of allylic oxidation sites excluding steroid dienone is 1. The normalized spacial score (nSPS) is 13.7. The van der Waals surface area contributed by atoms with E-state index in [1.807, 2.05) is 0 Å². The number of carbonyl (C=O) groups is 2. The molecule has 0 saturated heterocycles. The predicted molar refractivity (Wildman–Crippen MR) is 109 cm³/mol. The van der Waals surface area contributed by atoms with E-state index >= 15 is 0 Å². The van der Waals surface area contributed by atoms with Gasteiger partial charge in [0.2, 0.25) is 0 Å². The number of phosphoric acid groups is 2. The molecular formula is C17H17NaO10P2. The molecule has 2 rings (SSSR count). The van der Waals surface area contributed by atoms with Crippen LogP contribution in [0.5, 0.6) is 0 Å². The summed E-state index contributed by atoms with van der Waals surface area (Å²) in [6.45, 7) is 1.80. The third-order valence-electron chi connectivity index (χ3n) is 3.52. The molecule has 2 aromatic carbocycles. The second kappa shape index (κ2) is 10.6. The zero-order valence-corrected chi connectivity index (χ0v) is 16.6. The van der Waals surface area contributed by atoms with Crippen LogP contribution in [0.15, 0.2) is 48.5 Å². The van der Waals surface area contributed by atoms with E-state index in [0.29, 0.717) is 5.56 Å². The first kappa shape index (κ1) is 26.5. The maximum atomic E-state index is 11.8. The van der Waals surface area contributed by atoms with Crippen molar-refractivity contribution in [2.24, 2.45) is 0 Å². The van der Waals surface area contributed by atoms with E-state index < -0.39 is 27.6 Å². The van der Waals surface area contributed by atoms with Gasteiger partial charge in [0, 0.05) is 0 Å². The Kier molecular flexibility index (Phi) is 9.38. The molecule has 4 N–H and O–H groups in total. The third-order valence-corrected chi connectivity index (χ3v) is 5.60. The van der Waals surface area contributed by atoms with E-state index in [1.165, 1.54) is 36.4 Å². The summed E-state index contributed by atoms with van der Waals surface area (Å²) < 4.78 is 29.7. The van der Waals surface area contributed by atoms with E-state index in [0.717, 1.165) is 11.1 Å². The number of rotatable bonds is 7. The summed E-state index contributed by atoms with van der Waals surface area (Å²) in [4.78, 5) is 49.0. The zero-order valence-electron chi connectivity index (χ0n) is 14.8. The van der Waals surface area contributed by atoms with Crippen molar-refractivity contribution < 1.29 is 47.3 Å². The summed E-state index contributed by atoms with van der Waals surface area (Å²) >= 11 is 0. The summed E-state index contributed by atoms with van der Waals surface area (Å²) in [7, 11) is -10.6. The Morgan fingerprint density at radius 1 is 0.867 bits per heavy atom. The van der Waals surface area contributed by atoms with Gasteiger partial charge in [0.15, 0.2) is 0 Å². The van der Waals surface area contributed by atoms with Crippen molar-refractivity contribution in [2.45, 2.75) is 6.92 Å². The predicted octanol–water partition coefficient (Wildman–Crippen LogP) is 2.66. The molecule has 0 aliphatic heterocycles. The average molecular weight is 466 g/mol. The molecule has 0 amide bonds. The molecule has 10 nitrogen and oxygen atoms in total. The Labute approximate surface area is 193 Å². The van der Waals surface area contributed by atoms with Crippen LogP contribution in [-0.4, -0.2) is 61.3 Å². The first-order chi connectivity index (χ1) is 13.4. The van der Waals surface area contributed by atoms with Gasteiger partial charge in [-0.1, -0.05) is 30.3 Å². The zero-order chi connectivity index (χ0) is 21.8. The number of carbonyl (C=O) groups excluding carboxylic acids is 1. The fourth-order valence-corrected chi connectivity index (χ4v) is 3.76. The van der Waals surface area contributed by atoms with Crippen molar-refractivity contribution >= 4 is 68.8 Å². The number of hydrogen-bond acceptors (Lipinski definition) is 6. The van der Waals surface area contributed by atoms with Crippen LogP contribution >= 0.6 is 15.6 Å². The Balaban J connectivity index is 0.00000450. The van der Waals surface area contributed by atoms with Crippen LogP contribution < -0.4 is 0 Å².